The van der Waals surface area contributed by atoms with E-state index < -0.39 is 5.60 Å². The molecule has 3 nitrogen and oxygen atoms in total. The predicted octanol–water partition coefficient (Wildman–Crippen LogP) is 2.61. The number of halogens is 1. The Kier molecular flexibility index (Phi) is 7.18. The zero-order chi connectivity index (χ0) is 11.9. The highest BCUT2D eigenvalue weighted by Gasteiger charge is 2.22. The van der Waals surface area contributed by atoms with Gasteiger partial charge in [0.15, 0.2) is 0 Å². The van der Waals surface area contributed by atoms with Crippen LogP contribution in [-0.4, -0.2) is 22.9 Å². The smallest absolute Gasteiger partial charge is 0.320 e. The summed E-state index contributed by atoms with van der Waals surface area (Å²) in [5.41, 5.74) is 4.98. The van der Waals surface area contributed by atoms with Gasteiger partial charge in [-0.25, -0.2) is 0 Å². The van der Waals surface area contributed by atoms with E-state index in [-0.39, 0.29) is 10.8 Å². The maximum atomic E-state index is 11.5. The van der Waals surface area contributed by atoms with Crippen molar-refractivity contribution in [2.75, 3.05) is 6.54 Å². The van der Waals surface area contributed by atoms with Crippen molar-refractivity contribution in [1.82, 2.24) is 0 Å². The van der Waals surface area contributed by atoms with Crippen molar-refractivity contribution in [2.45, 2.75) is 56.9 Å². The molecule has 0 fully saturated rings. The Morgan fingerprint density at radius 1 is 1.33 bits per heavy atom. The average Bonchev–Trinajstić information content (AvgIpc) is 2.09. The molecule has 0 heterocycles. The molecule has 90 valence electrons. The maximum absolute atomic E-state index is 11.5. The summed E-state index contributed by atoms with van der Waals surface area (Å²) < 4.78 is 5.25. The van der Waals surface area contributed by atoms with E-state index in [0.29, 0.717) is 0 Å². The highest BCUT2D eigenvalue weighted by Crippen LogP contribution is 2.16. The van der Waals surface area contributed by atoms with Crippen molar-refractivity contribution in [3.63, 3.8) is 0 Å². The number of alkyl halides is 1. The molecular weight excluding hydrogens is 258 g/mol. The van der Waals surface area contributed by atoms with Crippen LogP contribution in [0.2, 0.25) is 0 Å². The van der Waals surface area contributed by atoms with Gasteiger partial charge in [-0.2, -0.15) is 0 Å². The lowest BCUT2D eigenvalue weighted by Crippen LogP contribution is -2.28. The second kappa shape index (κ2) is 7.23. The summed E-state index contributed by atoms with van der Waals surface area (Å²) in [6.07, 6.45) is 3.91. The Labute approximate surface area is 101 Å². The molecule has 1 atom stereocenters. The SMILES string of the molecule is CC(C)(C)OC(=O)C(Br)CCCCCN. The van der Waals surface area contributed by atoms with Crippen molar-refractivity contribution >= 4 is 21.9 Å². The van der Waals surface area contributed by atoms with Crippen molar-refractivity contribution in [1.29, 1.82) is 0 Å². The normalized spacial score (nSPS) is 13.7. The Morgan fingerprint density at radius 3 is 2.40 bits per heavy atom. The number of hydrogen-bond acceptors (Lipinski definition) is 3. The molecule has 0 radical (unpaired) electrons. The number of esters is 1. The fourth-order valence-electron chi connectivity index (χ4n) is 1.13. The first-order valence-corrected chi connectivity index (χ1v) is 6.35. The third kappa shape index (κ3) is 8.88. The second-order valence-electron chi connectivity index (χ2n) is 4.64. The summed E-state index contributed by atoms with van der Waals surface area (Å²) in [7, 11) is 0. The van der Waals surface area contributed by atoms with Crippen LogP contribution in [0.15, 0.2) is 0 Å². The number of carbonyl (C=O) groups is 1. The van der Waals surface area contributed by atoms with Gasteiger partial charge >= 0.3 is 5.97 Å². The van der Waals surface area contributed by atoms with Gasteiger partial charge in [-0.1, -0.05) is 28.8 Å². The molecule has 0 aromatic rings. The molecule has 0 rings (SSSR count). The second-order valence-corrected chi connectivity index (χ2v) is 5.74. The van der Waals surface area contributed by atoms with Crippen LogP contribution >= 0.6 is 15.9 Å². The fourth-order valence-corrected chi connectivity index (χ4v) is 1.55. The van der Waals surface area contributed by atoms with Crippen LogP contribution < -0.4 is 5.73 Å². The summed E-state index contributed by atoms with van der Waals surface area (Å²) in [6, 6.07) is 0. The quantitative estimate of drug-likeness (QED) is 0.462. The molecule has 15 heavy (non-hydrogen) atoms. The molecular formula is C11H22BrNO2. The van der Waals surface area contributed by atoms with Crippen molar-refractivity contribution < 1.29 is 9.53 Å². The topological polar surface area (TPSA) is 52.3 Å². The minimum absolute atomic E-state index is 0.171. The number of hydrogen-bond donors (Lipinski definition) is 1. The minimum Gasteiger partial charge on any atom is -0.459 e. The van der Waals surface area contributed by atoms with Crippen molar-refractivity contribution in [2.24, 2.45) is 5.73 Å². The monoisotopic (exact) mass is 279 g/mol. The van der Waals surface area contributed by atoms with E-state index in [0.717, 1.165) is 32.2 Å². The summed E-state index contributed by atoms with van der Waals surface area (Å²) in [5, 5.41) is 0. The molecule has 4 heteroatoms. The zero-order valence-corrected chi connectivity index (χ0v) is 11.5. The molecule has 0 spiro atoms. The molecule has 0 saturated heterocycles. The van der Waals surface area contributed by atoms with E-state index in [1.54, 1.807) is 0 Å². The minimum atomic E-state index is -0.402. The molecule has 0 aliphatic rings. The summed E-state index contributed by atoms with van der Waals surface area (Å²) >= 11 is 3.34. The highest BCUT2D eigenvalue weighted by atomic mass is 79.9. The van der Waals surface area contributed by atoms with Crippen LogP contribution in [0, 0.1) is 0 Å². The number of rotatable bonds is 6. The van der Waals surface area contributed by atoms with E-state index in [4.69, 9.17) is 10.5 Å². The van der Waals surface area contributed by atoms with E-state index in [9.17, 15) is 4.79 Å². The lowest BCUT2D eigenvalue weighted by atomic mass is 10.1. The first-order valence-electron chi connectivity index (χ1n) is 5.44. The molecule has 0 aliphatic heterocycles. The van der Waals surface area contributed by atoms with Gasteiger partial charge in [0, 0.05) is 0 Å². The standard InChI is InChI=1S/C11H22BrNO2/c1-11(2,3)15-10(14)9(12)7-5-4-6-8-13/h9H,4-8,13H2,1-3H3. The lowest BCUT2D eigenvalue weighted by Gasteiger charge is -2.21. The van der Waals surface area contributed by atoms with Crippen LogP contribution in [-0.2, 0) is 9.53 Å². The number of ether oxygens (including phenoxy) is 1. The van der Waals surface area contributed by atoms with Crippen molar-refractivity contribution in [3.05, 3.63) is 0 Å². The van der Waals surface area contributed by atoms with E-state index in [1.165, 1.54) is 0 Å². The molecule has 1 unspecified atom stereocenters. The van der Waals surface area contributed by atoms with Gasteiger partial charge in [-0.05, 0) is 40.2 Å². The van der Waals surface area contributed by atoms with Crippen LogP contribution in [0.1, 0.15) is 46.5 Å². The van der Waals surface area contributed by atoms with Crippen LogP contribution in [0.3, 0.4) is 0 Å². The van der Waals surface area contributed by atoms with Gasteiger partial charge in [0.25, 0.3) is 0 Å². The lowest BCUT2D eigenvalue weighted by molar-refractivity contribution is -0.154. The first kappa shape index (κ1) is 14.9. The number of carbonyl (C=O) groups excluding carboxylic acids is 1. The van der Waals surface area contributed by atoms with Crippen molar-refractivity contribution in [3.8, 4) is 0 Å². The molecule has 0 amide bonds. The summed E-state index contributed by atoms with van der Waals surface area (Å²) in [6.45, 7) is 6.34. The Balaban J connectivity index is 3.70. The van der Waals surface area contributed by atoms with E-state index >= 15 is 0 Å². The Morgan fingerprint density at radius 2 is 1.93 bits per heavy atom. The first-order chi connectivity index (χ1) is 6.87. The molecule has 0 aliphatic carbocycles. The van der Waals surface area contributed by atoms with E-state index in [1.807, 2.05) is 20.8 Å². The van der Waals surface area contributed by atoms with Gasteiger partial charge in [-0.15, -0.1) is 0 Å². The molecule has 0 aromatic carbocycles. The van der Waals surface area contributed by atoms with Gasteiger partial charge in [0.05, 0.1) is 0 Å². The molecule has 0 bridgehead atoms. The van der Waals surface area contributed by atoms with Crippen LogP contribution in [0.25, 0.3) is 0 Å². The molecule has 0 aromatic heterocycles. The Hall–Kier alpha value is -0.0900. The number of nitrogens with two attached hydrogens (primary N) is 1. The van der Waals surface area contributed by atoms with Gasteiger partial charge < -0.3 is 10.5 Å². The predicted molar refractivity (Wildman–Crippen MR) is 66.1 cm³/mol. The largest absolute Gasteiger partial charge is 0.459 e. The van der Waals surface area contributed by atoms with E-state index in [2.05, 4.69) is 15.9 Å². The Bertz CT molecular complexity index is 190. The fraction of sp³-hybridized carbons (Fsp3) is 0.909. The van der Waals surface area contributed by atoms with Gasteiger partial charge in [-0.3, -0.25) is 4.79 Å². The number of unbranched alkanes of at least 4 members (excludes halogenated alkanes) is 2. The zero-order valence-electron chi connectivity index (χ0n) is 9.88. The van der Waals surface area contributed by atoms with Crippen LogP contribution in [0.5, 0.6) is 0 Å². The third-order valence-corrected chi connectivity index (χ3v) is 2.66. The molecule has 0 saturated carbocycles. The van der Waals surface area contributed by atoms with Crippen LogP contribution in [0.4, 0.5) is 0 Å². The highest BCUT2D eigenvalue weighted by molar-refractivity contribution is 9.10. The average molecular weight is 280 g/mol. The van der Waals surface area contributed by atoms with Gasteiger partial charge in [0.2, 0.25) is 0 Å². The van der Waals surface area contributed by atoms with Gasteiger partial charge in [0.1, 0.15) is 10.4 Å². The summed E-state index contributed by atoms with van der Waals surface area (Å²) in [5.74, 6) is -0.171. The third-order valence-electron chi connectivity index (χ3n) is 1.82. The molecule has 2 N–H and O–H groups in total. The maximum Gasteiger partial charge on any atom is 0.320 e. The summed E-state index contributed by atoms with van der Waals surface area (Å²) in [4.78, 5) is 11.3.